The number of ether oxygens (including phenoxy) is 2. The van der Waals surface area contributed by atoms with Crippen LogP contribution in [0.15, 0.2) is 17.3 Å². The zero-order valence-corrected chi connectivity index (χ0v) is 10.2. The zero-order valence-electron chi connectivity index (χ0n) is 10.2. The number of hydrogen-bond donors (Lipinski definition) is 0. The molecule has 0 saturated heterocycles. The summed E-state index contributed by atoms with van der Waals surface area (Å²) >= 11 is 0. The molecule has 88 valence electrons. The summed E-state index contributed by atoms with van der Waals surface area (Å²) in [5, 5.41) is 5.82. The first-order valence-corrected chi connectivity index (χ1v) is 5.22. The summed E-state index contributed by atoms with van der Waals surface area (Å²) in [6.07, 6.45) is 2.17. The number of hydrazone groups is 1. The molecule has 15 heavy (non-hydrogen) atoms. The lowest BCUT2D eigenvalue weighted by Crippen LogP contribution is -2.18. The summed E-state index contributed by atoms with van der Waals surface area (Å²) in [7, 11) is 3.73. The lowest BCUT2D eigenvalue weighted by Gasteiger charge is -2.16. The predicted molar refractivity (Wildman–Crippen MR) is 63.0 cm³/mol. The first-order valence-electron chi connectivity index (χ1n) is 5.22. The summed E-state index contributed by atoms with van der Waals surface area (Å²) in [4.78, 5) is 0. The fourth-order valence-corrected chi connectivity index (χ4v) is 1.00. The monoisotopic (exact) mass is 214 g/mol. The minimum Gasteiger partial charge on any atom is -0.353 e. The molecule has 0 rings (SSSR count). The molecular weight excluding hydrogens is 192 g/mol. The molecular formula is C11H22N2O2. The van der Waals surface area contributed by atoms with Crippen molar-refractivity contribution in [2.24, 2.45) is 5.10 Å². The zero-order chi connectivity index (χ0) is 11.7. The molecule has 0 aromatic rings. The number of hydrogen-bond acceptors (Lipinski definition) is 4. The minimum absolute atomic E-state index is 0.207. The summed E-state index contributed by atoms with van der Waals surface area (Å²) in [6, 6.07) is 0. The van der Waals surface area contributed by atoms with Gasteiger partial charge in [0, 0.05) is 39.9 Å². The van der Waals surface area contributed by atoms with Gasteiger partial charge in [-0.05, 0) is 19.4 Å². The van der Waals surface area contributed by atoms with Gasteiger partial charge in [0.05, 0.1) is 0 Å². The predicted octanol–water partition coefficient (Wildman–Crippen LogP) is 1.88. The largest absolute Gasteiger partial charge is 0.353 e. The van der Waals surface area contributed by atoms with E-state index in [1.54, 1.807) is 11.2 Å². The van der Waals surface area contributed by atoms with E-state index in [1.165, 1.54) is 0 Å². The Hall–Kier alpha value is -0.870. The van der Waals surface area contributed by atoms with Crippen LogP contribution in [-0.4, -0.2) is 44.8 Å². The third-order valence-corrected chi connectivity index (χ3v) is 1.61. The van der Waals surface area contributed by atoms with E-state index in [0.717, 1.165) is 5.57 Å². The molecule has 0 fully saturated rings. The van der Waals surface area contributed by atoms with Gasteiger partial charge in [0.1, 0.15) is 0 Å². The van der Waals surface area contributed by atoms with Crippen molar-refractivity contribution >= 4 is 6.21 Å². The van der Waals surface area contributed by atoms with E-state index in [4.69, 9.17) is 9.47 Å². The van der Waals surface area contributed by atoms with E-state index in [1.807, 2.05) is 27.9 Å². The second-order valence-corrected chi connectivity index (χ2v) is 3.29. The van der Waals surface area contributed by atoms with Gasteiger partial charge in [0.25, 0.3) is 0 Å². The molecule has 0 aliphatic carbocycles. The van der Waals surface area contributed by atoms with Gasteiger partial charge in [0.15, 0.2) is 6.29 Å². The number of nitrogens with zero attached hydrogens (tertiary/aromatic N) is 2. The van der Waals surface area contributed by atoms with Gasteiger partial charge in [0.2, 0.25) is 0 Å². The highest BCUT2D eigenvalue weighted by molar-refractivity contribution is 5.77. The van der Waals surface area contributed by atoms with E-state index >= 15 is 0 Å². The lowest BCUT2D eigenvalue weighted by molar-refractivity contribution is -0.133. The Bertz CT molecular complexity index is 197. The molecule has 0 aliphatic heterocycles. The normalized spacial score (nSPS) is 11.3. The highest BCUT2D eigenvalue weighted by Gasteiger charge is 2.08. The Balaban J connectivity index is 3.98. The molecule has 0 N–H and O–H groups in total. The standard InChI is InChI=1S/C11H22N2O2/c1-6-14-11(15-7-2)8-10(3)9-12-13(4)5/h9,11H,3,6-8H2,1-2,4-5H3/b12-9-. The van der Waals surface area contributed by atoms with Crippen LogP contribution in [0, 0.1) is 0 Å². The molecule has 0 aromatic carbocycles. The van der Waals surface area contributed by atoms with Crippen LogP contribution in [0.4, 0.5) is 0 Å². The van der Waals surface area contributed by atoms with E-state index in [2.05, 4.69) is 11.7 Å². The molecule has 0 spiro atoms. The molecule has 0 aliphatic rings. The van der Waals surface area contributed by atoms with Crippen LogP contribution in [0.1, 0.15) is 20.3 Å². The van der Waals surface area contributed by atoms with E-state index in [0.29, 0.717) is 19.6 Å². The summed E-state index contributed by atoms with van der Waals surface area (Å²) in [6.45, 7) is 9.07. The fraction of sp³-hybridized carbons (Fsp3) is 0.727. The quantitative estimate of drug-likeness (QED) is 0.351. The maximum absolute atomic E-state index is 5.40. The Kier molecular flexibility index (Phi) is 7.95. The third-order valence-electron chi connectivity index (χ3n) is 1.61. The highest BCUT2D eigenvalue weighted by atomic mass is 16.7. The molecule has 4 heteroatoms. The van der Waals surface area contributed by atoms with Crippen LogP contribution >= 0.6 is 0 Å². The molecule has 0 saturated carbocycles. The van der Waals surface area contributed by atoms with Crippen molar-refractivity contribution in [2.75, 3.05) is 27.3 Å². The maximum Gasteiger partial charge on any atom is 0.161 e. The summed E-state index contributed by atoms with van der Waals surface area (Å²) in [5.41, 5.74) is 0.899. The summed E-state index contributed by atoms with van der Waals surface area (Å²) in [5.74, 6) is 0. The van der Waals surface area contributed by atoms with E-state index < -0.39 is 0 Å². The van der Waals surface area contributed by atoms with Gasteiger partial charge < -0.3 is 14.5 Å². The maximum atomic E-state index is 5.40. The molecule has 0 amide bonds. The van der Waals surface area contributed by atoms with Crippen molar-refractivity contribution in [2.45, 2.75) is 26.6 Å². The Morgan fingerprint density at radius 2 is 1.87 bits per heavy atom. The van der Waals surface area contributed by atoms with E-state index in [-0.39, 0.29) is 6.29 Å². The van der Waals surface area contributed by atoms with Crippen molar-refractivity contribution < 1.29 is 9.47 Å². The first kappa shape index (κ1) is 14.1. The Morgan fingerprint density at radius 1 is 1.33 bits per heavy atom. The second-order valence-electron chi connectivity index (χ2n) is 3.29. The van der Waals surface area contributed by atoms with E-state index in [9.17, 15) is 0 Å². The SMILES string of the molecule is C=C(/C=N\N(C)C)CC(OCC)OCC. The van der Waals surface area contributed by atoms with Crippen LogP contribution in [0.3, 0.4) is 0 Å². The second kappa shape index (κ2) is 8.44. The van der Waals surface area contributed by atoms with Gasteiger partial charge in [-0.15, -0.1) is 0 Å². The molecule has 4 nitrogen and oxygen atoms in total. The topological polar surface area (TPSA) is 34.1 Å². The van der Waals surface area contributed by atoms with Crippen molar-refractivity contribution in [3.05, 3.63) is 12.2 Å². The van der Waals surface area contributed by atoms with Crippen molar-refractivity contribution in [1.82, 2.24) is 5.01 Å². The van der Waals surface area contributed by atoms with Gasteiger partial charge >= 0.3 is 0 Å². The third kappa shape index (κ3) is 8.15. The van der Waals surface area contributed by atoms with Gasteiger partial charge in [-0.3, -0.25) is 0 Å². The van der Waals surface area contributed by atoms with Gasteiger partial charge in [-0.1, -0.05) is 6.58 Å². The molecule has 0 heterocycles. The highest BCUT2D eigenvalue weighted by Crippen LogP contribution is 2.07. The first-order chi connectivity index (χ1) is 7.10. The Morgan fingerprint density at radius 3 is 2.27 bits per heavy atom. The molecule has 0 bridgehead atoms. The van der Waals surface area contributed by atoms with Crippen molar-refractivity contribution in [1.29, 1.82) is 0 Å². The van der Waals surface area contributed by atoms with Crippen LogP contribution in [-0.2, 0) is 9.47 Å². The molecule has 0 unspecified atom stereocenters. The van der Waals surface area contributed by atoms with Crippen molar-refractivity contribution in [3.63, 3.8) is 0 Å². The average Bonchev–Trinajstić information content (AvgIpc) is 2.15. The summed E-state index contributed by atoms with van der Waals surface area (Å²) < 4.78 is 10.8. The molecule has 0 radical (unpaired) electrons. The smallest absolute Gasteiger partial charge is 0.161 e. The fourth-order valence-electron chi connectivity index (χ4n) is 1.00. The minimum atomic E-state index is -0.207. The van der Waals surface area contributed by atoms with Crippen LogP contribution in [0.5, 0.6) is 0 Å². The van der Waals surface area contributed by atoms with Crippen LogP contribution in [0.2, 0.25) is 0 Å². The van der Waals surface area contributed by atoms with Crippen LogP contribution in [0.25, 0.3) is 0 Å². The molecule has 0 aromatic heterocycles. The van der Waals surface area contributed by atoms with Gasteiger partial charge in [-0.2, -0.15) is 5.10 Å². The van der Waals surface area contributed by atoms with Crippen LogP contribution < -0.4 is 0 Å². The number of rotatable bonds is 8. The van der Waals surface area contributed by atoms with Gasteiger partial charge in [-0.25, -0.2) is 0 Å². The molecule has 0 atom stereocenters. The van der Waals surface area contributed by atoms with Crippen molar-refractivity contribution in [3.8, 4) is 0 Å². The Labute approximate surface area is 92.6 Å². The average molecular weight is 214 g/mol. The lowest BCUT2D eigenvalue weighted by atomic mass is 10.2.